The Morgan fingerprint density at radius 3 is 2.71 bits per heavy atom. The summed E-state index contributed by atoms with van der Waals surface area (Å²) < 4.78 is 11.7. The van der Waals surface area contributed by atoms with Gasteiger partial charge in [-0.2, -0.15) is 0 Å². The van der Waals surface area contributed by atoms with Crippen LogP contribution < -0.4 is 4.74 Å². The second-order valence-corrected chi connectivity index (χ2v) is 7.70. The Morgan fingerprint density at radius 2 is 2.00 bits per heavy atom. The quantitative estimate of drug-likeness (QED) is 0.623. The molecule has 0 bridgehead atoms. The summed E-state index contributed by atoms with van der Waals surface area (Å²) in [6, 6.07) is 13.2. The van der Waals surface area contributed by atoms with Gasteiger partial charge in [-0.25, -0.2) is 4.98 Å². The molecule has 0 spiro atoms. The number of carbonyl (C=O) groups excluding carboxylic acids is 1. The number of aryl methyl sites for hydroxylation is 1. The first-order chi connectivity index (χ1) is 13.5. The maximum atomic E-state index is 12.8. The van der Waals surface area contributed by atoms with Crippen molar-refractivity contribution < 1.29 is 13.9 Å². The molecular formula is C22H23ClN2O3. The average Bonchev–Trinajstić information content (AvgIpc) is 3.14. The summed E-state index contributed by atoms with van der Waals surface area (Å²) in [6.07, 6.45) is 1.14. The molecule has 4 rings (SSSR count). The zero-order chi connectivity index (χ0) is 19.7. The van der Waals surface area contributed by atoms with Gasteiger partial charge in [0.05, 0.1) is 0 Å². The summed E-state index contributed by atoms with van der Waals surface area (Å²) in [5.41, 5.74) is 2.63. The maximum absolute atomic E-state index is 12.8. The van der Waals surface area contributed by atoms with Crippen LogP contribution in [-0.4, -0.2) is 35.0 Å². The van der Waals surface area contributed by atoms with Crippen LogP contribution >= 0.6 is 11.6 Å². The molecule has 0 unspecified atom stereocenters. The van der Waals surface area contributed by atoms with E-state index in [0.717, 1.165) is 35.4 Å². The van der Waals surface area contributed by atoms with E-state index in [1.807, 2.05) is 42.2 Å². The minimum absolute atomic E-state index is 0.00335. The van der Waals surface area contributed by atoms with E-state index in [-0.39, 0.29) is 11.8 Å². The third-order valence-corrected chi connectivity index (χ3v) is 5.68. The molecule has 0 N–H and O–H groups in total. The lowest BCUT2D eigenvalue weighted by molar-refractivity contribution is -0.139. The van der Waals surface area contributed by atoms with Crippen molar-refractivity contribution in [2.24, 2.45) is 0 Å². The van der Waals surface area contributed by atoms with Crippen LogP contribution in [0, 0.1) is 6.92 Å². The molecule has 146 valence electrons. The molecule has 2 aromatic carbocycles. The Labute approximate surface area is 169 Å². The standard InChI is InChI=1S/C22H23ClN2O3/c1-14-13-17(7-8-18(14)23)27-15(2)22(26)25-11-9-16(10-12-25)21-24-19-5-3-4-6-20(19)28-21/h3-8,13,15-16H,9-12H2,1-2H3/t15-/m0/s1. The van der Waals surface area contributed by atoms with E-state index in [2.05, 4.69) is 4.98 Å². The molecule has 0 saturated carbocycles. The van der Waals surface area contributed by atoms with Crippen molar-refractivity contribution >= 4 is 28.6 Å². The van der Waals surface area contributed by atoms with Crippen molar-refractivity contribution in [2.75, 3.05) is 13.1 Å². The van der Waals surface area contributed by atoms with Crippen LogP contribution in [0.15, 0.2) is 46.9 Å². The summed E-state index contributed by atoms with van der Waals surface area (Å²) in [6.45, 7) is 5.06. The van der Waals surface area contributed by atoms with Crippen molar-refractivity contribution in [3.63, 3.8) is 0 Å². The average molecular weight is 399 g/mol. The predicted octanol–water partition coefficient (Wildman–Crippen LogP) is 4.96. The summed E-state index contributed by atoms with van der Waals surface area (Å²) >= 11 is 6.05. The smallest absolute Gasteiger partial charge is 0.263 e. The molecule has 1 aromatic heterocycles. The third kappa shape index (κ3) is 3.85. The van der Waals surface area contributed by atoms with Crippen LogP contribution in [0.4, 0.5) is 0 Å². The van der Waals surface area contributed by atoms with Crippen molar-refractivity contribution in [1.29, 1.82) is 0 Å². The zero-order valence-electron chi connectivity index (χ0n) is 16.0. The Bertz CT molecular complexity index is 959. The first-order valence-electron chi connectivity index (χ1n) is 9.58. The molecule has 1 aliphatic rings. The molecule has 3 aromatic rings. The van der Waals surface area contributed by atoms with Gasteiger partial charge in [0.25, 0.3) is 5.91 Å². The Balaban J connectivity index is 1.35. The molecule has 1 atom stereocenters. The summed E-state index contributed by atoms with van der Waals surface area (Å²) in [4.78, 5) is 19.2. The Kier molecular flexibility index (Phi) is 5.27. The van der Waals surface area contributed by atoms with Gasteiger partial charge in [-0.05, 0) is 62.6 Å². The van der Waals surface area contributed by atoms with Crippen molar-refractivity contribution in [1.82, 2.24) is 9.88 Å². The van der Waals surface area contributed by atoms with Crippen LogP contribution in [0.3, 0.4) is 0 Å². The van der Waals surface area contributed by atoms with Crippen molar-refractivity contribution in [3.05, 3.63) is 58.9 Å². The molecule has 1 fully saturated rings. The van der Waals surface area contributed by atoms with Crippen molar-refractivity contribution in [3.8, 4) is 5.75 Å². The number of nitrogens with zero attached hydrogens (tertiary/aromatic N) is 2. The van der Waals surface area contributed by atoms with Crippen molar-refractivity contribution in [2.45, 2.75) is 38.7 Å². The van der Waals surface area contributed by atoms with Crippen LogP contribution in [0.5, 0.6) is 5.75 Å². The van der Waals surface area contributed by atoms with Crippen LogP contribution in [0.25, 0.3) is 11.1 Å². The molecule has 1 amide bonds. The first kappa shape index (κ1) is 18.8. The molecule has 2 heterocycles. The number of fused-ring (bicyclic) bond motifs is 1. The maximum Gasteiger partial charge on any atom is 0.263 e. The van der Waals surface area contributed by atoms with Crippen LogP contribution in [0.1, 0.15) is 37.1 Å². The van der Waals surface area contributed by atoms with E-state index in [9.17, 15) is 4.79 Å². The fourth-order valence-corrected chi connectivity index (χ4v) is 3.73. The molecule has 6 heteroatoms. The molecule has 1 saturated heterocycles. The molecule has 5 nitrogen and oxygen atoms in total. The molecule has 0 aliphatic carbocycles. The van der Waals surface area contributed by atoms with Gasteiger partial charge < -0.3 is 14.1 Å². The van der Waals surface area contributed by atoms with Gasteiger partial charge in [-0.3, -0.25) is 4.79 Å². The normalized spacial score (nSPS) is 16.3. The lowest BCUT2D eigenvalue weighted by Gasteiger charge is -2.32. The number of oxazole rings is 1. The molecule has 28 heavy (non-hydrogen) atoms. The Morgan fingerprint density at radius 1 is 1.25 bits per heavy atom. The molecule has 1 aliphatic heterocycles. The van der Waals surface area contributed by atoms with Gasteiger partial charge in [0.15, 0.2) is 17.6 Å². The minimum Gasteiger partial charge on any atom is -0.481 e. The number of benzene rings is 2. The number of ether oxygens (including phenoxy) is 1. The minimum atomic E-state index is -0.540. The fourth-order valence-electron chi connectivity index (χ4n) is 3.61. The van der Waals surface area contributed by atoms with E-state index in [1.165, 1.54) is 0 Å². The molecular weight excluding hydrogens is 376 g/mol. The lowest BCUT2D eigenvalue weighted by atomic mass is 9.96. The number of aromatic nitrogens is 1. The summed E-state index contributed by atoms with van der Waals surface area (Å²) in [5, 5.41) is 0.688. The highest BCUT2D eigenvalue weighted by Gasteiger charge is 2.29. The number of likely N-dealkylation sites (tertiary alicyclic amines) is 1. The number of halogens is 1. The number of hydrogen-bond donors (Lipinski definition) is 0. The van der Waals surface area contributed by atoms with Crippen LogP contribution in [-0.2, 0) is 4.79 Å². The number of piperidine rings is 1. The van der Waals surface area contributed by atoms with Gasteiger partial charge in [-0.1, -0.05) is 23.7 Å². The predicted molar refractivity (Wildman–Crippen MR) is 109 cm³/mol. The van der Waals surface area contributed by atoms with E-state index in [4.69, 9.17) is 20.8 Å². The summed E-state index contributed by atoms with van der Waals surface area (Å²) in [5.74, 6) is 1.67. The van der Waals surface area contributed by atoms with Gasteiger partial charge in [0.1, 0.15) is 11.3 Å². The van der Waals surface area contributed by atoms with E-state index in [1.54, 1.807) is 19.1 Å². The van der Waals surface area contributed by atoms with E-state index in [0.29, 0.717) is 23.9 Å². The van der Waals surface area contributed by atoms with Gasteiger partial charge in [-0.15, -0.1) is 0 Å². The fraction of sp³-hybridized carbons (Fsp3) is 0.364. The lowest BCUT2D eigenvalue weighted by Crippen LogP contribution is -2.44. The highest BCUT2D eigenvalue weighted by atomic mass is 35.5. The SMILES string of the molecule is Cc1cc(O[C@@H](C)C(=O)N2CCC(c3nc4ccccc4o3)CC2)ccc1Cl. The van der Waals surface area contributed by atoms with Gasteiger partial charge >= 0.3 is 0 Å². The largest absolute Gasteiger partial charge is 0.481 e. The molecule has 0 radical (unpaired) electrons. The van der Waals surface area contributed by atoms with Gasteiger partial charge in [0.2, 0.25) is 0 Å². The first-order valence-corrected chi connectivity index (χ1v) is 9.96. The highest BCUT2D eigenvalue weighted by molar-refractivity contribution is 6.31. The van der Waals surface area contributed by atoms with Crippen LogP contribution in [0.2, 0.25) is 5.02 Å². The number of hydrogen-bond acceptors (Lipinski definition) is 4. The Hall–Kier alpha value is -2.53. The number of rotatable bonds is 4. The monoisotopic (exact) mass is 398 g/mol. The van der Waals surface area contributed by atoms with Gasteiger partial charge in [0, 0.05) is 24.0 Å². The topological polar surface area (TPSA) is 55.6 Å². The number of para-hydroxylation sites is 2. The second-order valence-electron chi connectivity index (χ2n) is 7.29. The summed E-state index contributed by atoms with van der Waals surface area (Å²) in [7, 11) is 0. The number of carbonyl (C=O) groups is 1. The number of amides is 1. The second kappa shape index (κ2) is 7.84. The van der Waals surface area contributed by atoms with E-state index >= 15 is 0 Å². The third-order valence-electron chi connectivity index (χ3n) is 5.26. The van der Waals surface area contributed by atoms with E-state index < -0.39 is 6.10 Å². The highest BCUT2D eigenvalue weighted by Crippen LogP contribution is 2.30. The zero-order valence-corrected chi connectivity index (χ0v) is 16.8.